The van der Waals surface area contributed by atoms with Crippen LogP contribution in [0.5, 0.6) is 0 Å². The Morgan fingerprint density at radius 2 is 1.81 bits per heavy atom. The highest BCUT2D eigenvalue weighted by Crippen LogP contribution is 2.35. The molecule has 0 radical (unpaired) electrons. The van der Waals surface area contributed by atoms with E-state index < -0.39 is 34.4 Å². The molecule has 1 amide bonds. The van der Waals surface area contributed by atoms with Crippen molar-refractivity contribution in [1.82, 2.24) is 4.90 Å². The third-order valence-electron chi connectivity index (χ3n) is 3.08. The molecule has 26 heavy (non-hydrogen) atoms. The van der Waals surface area contributed by atoms with E-state index in [1.165, 1.54) is 18.0 Å². The second-order valence-corrected chi connectivity index (χ2v) is 7.03. The number of hydrogen-bond donors (Lipinski definition) is 0. The zero-order chi connectivity index (χ0) is 20.1. The van der Waals surface area contributed by atoms with E-state index in [1.807, 2.05) is 0 Å². The number of ether oxygens (including phenoxy) is 2. The summed E-state index contributed by atoms with van der Waals surface area (Å²) in [5.74, 6) is -0.452. The lowest BCUT2D eigenvalue weighted by Gasteiger charge is -2.21. The molecule has 0 heterocycles. The molecule has 1 aromatic rings. The molecule has 0 aliphatic rings. The Balaban J connectivity index is 2.51. The van der Waals surface area contributed by atoms with Crippen molar-refractivity contribution in [3.63, 3.8) is 0 Å². The highest BCUT2D eigenvalue weighted by molar-refractivity contribution is 6.31. The molecule has 5 nitrogen and oxygen atoms in total. The highest BCUT2D eigenvalue weighted by atomic mass is 35.5. The lowest BCUT2D eigenvalue weighted by Crippen LogP contribution is -2.31. The standard InChI is InChI=1S/C17H21ClF3NO4/c1-16(2,3)26-14(23)7-8-22(4)15(24)25-10-11-5-6-12(13(18)9-11)17(19,20)21/h5-6,9H,7-8,10H2,1-4H3. The van der Waals surface area contributed by atoms with Crippen molar-refractivity contribution in [2.75, 3.05) is 13.6 Å². The molecule has 0 unspecified atom stereocenters. The van der Waals surface area contributed by atoms with Crippen LogP contribution >= 0.6 is 11.6 Å². The molecule has 0 spiro atoms. The van der Waals surface area contributed by atoms with Crippen LogP contribution < -0.4 is 0 Å². The first-order valence-electron chi connectivity index (χ1n) is 7.75. The van der Waals surface area contributed by atoms with E-state index in [4.69, 9.17) is 21.1 Å². The molecule has 0 aromatic heterocycles. The van der Waals surface area contributed by atoms with Crippen LogP contribution in [0.4, 0.5) is 18.0 Å². The van der Waals surface area contributed by atoms with Crippen molar-refractivity contribution in [3.8, 4) is 0 Å². The van der Waals surface area contributed by atoms with Gasteiger partial charge in [-0.3, -0.25) is 4.79 Å². The second kappa shape index (κ2) is 8.62. The Hall–Kier alpha value is -1.96. The van der Waals surface area contributed by atoms with Crippen molar-refractivity contribution < 1.29 is 32.2 Å². The van der Waals surface area contributed by atoms with Crippen LogP contribution in [0.3, 0.4) is 0 Å². The minimum atomic E-state index is -4.55. The molecule has 0 aliphatic heterocycles. The number of rotatable bonds is 5. The maximum absolute atomic E-state index is 12.6. The monoisotopic (exact) mass is 395 g/mol. The number of alkyl halides is 3. The number of esters is 1. The van der Waals surface area contributed by atoms with E-state index in [0.717, 1.165) is 12.1 Å². The number of nitrogens with zero attached hydrogens (tertiary/aromatic N) is 1. The minimum absolute atomic E-state index is 0.00498. The van der Waals surface area contributed by atoms with Crippen molar-refractivity contribution in [1.29, 1.82) is 0 Å². The molecule has 0 fully saturated rings. The molecule has 146 valence electrons. The summed E-state index contributed by atoms with van der Waals surface area (Å²) < 4.78 is 48.0. The van der Waals surface area contributed by atoms with Gasteiger partial charge in [0.25, 0.3) is 0 Å². The maximum atomic E-state index is 12.6. The van der Waals surface area contributed by atoms with Gasteiger partial charge in [-0.1, -0.05) is 17.7 Å². The molecule has 0 N–H and O–H groups in total. The molecule has 0 saturated carbocycles. The Labute approximate surface area is 155 Å². The van der Waals surface area contributed by atoms with Crippen LogP contribution in [-0.4, -0.2) is 36.2 Å². The van der Waals surface area contributed by atoms with Crippen molar-refractivity contribution in [3.05, 3.63) is 34.3 Å². The van der Waals surface area contributed by atoms with Gasteiger partial charge in [-0.25, -0.2) is 4.79 Å². The third-order valence-corrected chi connectivity index (χ3v) is 3.40. The van der Waals surface area contributed by atoms with E-state index >= 15 is 0 Å². The lowest BCUT2D eigenvalue weighted by molar-refractivity contribution is -0.155. The molecule has 0 bridgehead atoms. The third kappa shape index (κ3) is 7.51. The van der Waals surface area contributed by atoms with Crippen LogP contribution in [0.1, 0.15) is 38.3 Å². The fraction of sp³-hybridized carbons (Fsp3) is 0.529. The van der Waals surface area contributed by atoms with Gasteiger partial charge in [-0.2, -0.15) is 13.2 Å². The number of benzene rings is 1. The van der Waals surface area contributed by atoms with Gasteiger partial charge in [0.1, 0.15) is 12.2 Å². The average molecular weight is 396 g/mol. The normalized spacial score (nSPS) is 11.8. The first-order chi connectivity index (χ1) is 11.8. The molecular weight excluding hydrogens is 375 g/mol. The fourth-order valence-corrected chi connectivity index (χ4v) is 2.19. The van der Waals surface area contributed by atoms with Gasteiger partial charge >= 0.3 is 18.2 Å². The molecule has 1 rings (SSSR count). The SMILES string of the molecule is CN(CCC(=O)OC(C)(C)C)C(=O)OCc1ccc(C(F)(F)F)c(Cl)c1. The molecule has 0 atom stereocenters. The average Bonchev–Trinajstić information content (AvgIpc) is 2.47. The van der Waals surface area contributed by atoms with Crippen LogP contribution in [0.2, 0.25) is 5.02 Å². The Bertz CT molecular complexity index is 656. The van der Waals surface area contributed by atoms with Crippen molar-refractivity contribution in [2.45, 2.75) is 45.6 Å². The summed E-state index contributed by atoms with van der Waals surface area (Å²) in [5.41, 5.74) is -1.25. The molecule has 0 saturated heterocycles. The quantitative estimate of drug-likeness (QED) is 0.680. The summed E-state index contributed by atoms with van der Waals surface area (Å²) in [6.45, 7) is 5.04. The molecule has 9 heteroatoms. The summed E-state index contributed by atoms with van der Waals surface area (Å²) >= 11 is 5.61. The zero-order valence-corrected chi connectivity index (χ0v) is 15.7. The predicted molar refractivity (Wildman–Crippen MR) is 89.7 cm³/mol. The predicted octanol–water partition coefficient (Wildman–Crippen LogP) is 4.66. The van der Waals surface area contributed by atoms with E-state index in [0.29, 0.717) is 5.56 Å². The van der Waals surface area contributed by atoms with Crippen molar-refractivity contribution in [2.24, 2.45) is 0 Å². The van der Waals surface area contributed by atoms with Gasteiger partial charge in [0.15, 0.2) is 0 Å². The zero-order valence-electron chi connectivity index (χ0n) is 14.9. The Kier molecular flexibility index (Phi) is 7.32. The van der Waals surface area contributed by atoms with Crippen LogP contribution in [0, 0.1) is 0 Å². The Morgan fingerprint density at radius 1 is 1.19 bits per heavy atom. The summed E-state index contributed by atoms with van der Waals surface area (Å²) in [5, 5.41) is -0.468. The second-order valence-electron chi connectivity index (χ2n) is 6.62. The van der Waals surface area contributed by atoms with E-state index in [9.17, 15) is 22.8 Å². The number of amides is 1. The first-order valence-corrected chi connectivity index (χ1v) is 8.13. The van der Waals surface area contributed by atoms with Gasteiger partial charge in [-0.15, -0.1) is 0 Å². The number of carbonyl (C=O) groups is 2. The van der Waals surface area contributed by atoms with Crippen LogP contribution in [-0.2, 0) is 27.1 Å². The van der Waals surface area contributed by atoms with E-state index in [2.05, 4.69) is 0 Å². The van der Waals surface area contributed by atoms with E-state index in [-0.39, 0.29) is 19.6 Å². The van der Waals surface area contributed by atoms with E-state index in [1.54, 1.807) is 20.8 Å². The first kappa shape index (κ1) is 22.1. The molecular formula is C17H21ClF3NO4. The number of hydrogen-bond acceptors (Lipinski definition) is 4. The van der Waals surface area contributed by atoms with Gasteiger partial charge in [0.2, 0.25) is 0 Å². The molecule has 1 aromatic carbocycles. The van der Waals surface area contributed by atoms with Crippen LogP contribution in [0.15, 0.2) is 18.2 Å². The minimum Gasteiger partial charge on any atom is -0.460 e. The topological polar surface area (TPSA) is 55.8 Å². The summed E-state index contributed by atoms with van der Waals surface area (Å²) in [6.07, 6.45) is -5.27. The Morgan fingerprint density at radius 3 is 2.31 bits per heavy atom. The van der Waals surface area contributed by atoms with Gasteiger partial charge < -0.3 is 14.4 Å². The smallest absolute Gasteiger partial charge is 0.417 e. The maximum Gasteiger partial charge on any atom is 0.417 e. The molecule has 0 aliphatic carbocycles. The summed E-state index contributed by atoms with van der Waals surface area (Å²) in [7, 11) is 1.44. The van der Waals surface area contributed by atoms with Crippen molar-refractivity contribution >= 4 is 23.7 Å². The van der Waals surface area contributed by atoms with Gasteiger partial charge in [0.05, 0.1) is 17.0 Å². The number of halogens is 4. The highest BCUT2D eigenvalue weighted by Gasteiger charge is 2.33. The number of carbonyl (C=O) groups excluding carboxylic acids is 2. The largest absolute Gasteiger partial charge is 0.460 e. The fourth-order valence-electron chi connectivity index (χ4n) is 1.88. The summed E-state index contributed by atoms with van der Waals surface area (Å²) in [6, 6.07) is 3.11. The summed E-state index contributed by atoms with van der Waals surface area (Å²) in [4.78, 5) is 24.6. The lowest BCUT2D eigenvalue weighted by atomic mass is 10.1. The van der Waals surface area contributed by atoms with Gasteiger partial charge in [0, 0.05) is 13.6 Å². The van der Waals surface area contributed by atoms with Gasteiger partial charge in [-0.05, 0) is 38.5 Å². The van der Waals surface area contributed by atoms with Crippen LogP contribution in [0.25, 0.3) is 0 Å².